The molecule has 3 aromatic carbocycles. The average molecular weight is 623 g/mol. The van der Waals surface area contributed by atoms with Crippen LogP contribution in [0.2, 0.25) is 0 Å². The number of hydrogen-bond donors (Lipinski definition) is 4. The predicted octanol–water partition coefficient (Wildman–Crippen LogP) is 5.85. The molecule has 0 amide bonds. The number of Topliss-reactive ketones (excluding diaryl/α,β-unsaturated/α-hetero) is 4. The van der Waals surface area contributed by atoms with Crippen molar-refractivity contribution in [1.82, 2.24) is 0 Å². The fraction of sp³-hybridized carbons (Fsp3) is 0.368. The number of aliphatic hydroxyl groups is 3. The van der Waals surface area contributed by atoms with Gasteiger partial charge in [0.2, 0.25) is 5.78 Å². The van der Waals surface area contributed by atoms with Crippen molar-refractivity contribution < 1.29 is 39.6 Å². The maximum absolute atomic E-state index is 14.3. The van der Waals surface area contributed by atoms with E-state index >= 15 is 0 Å². The lowest BCUT2D eigenvalue weighted by molar-refractivity contribution is -0.171. The Kier molecular flexibility index (Phi) is 7.17. The van der Waals surface area contributed by atoms with Crippen LogP contribution in [0.15, 0.2) is 77.3 Å². The zero-order chi connectivity index (χ0) is 33.5. The first-order valence-electron chi connectivity index (χ1n) is 15.6. The molecule has 0 bridgehead atoms. The number of fused-ring (bicyclic) bond motifs is 4. The van der Waals surface area contributed by atoms with Crippen LogP contribution in [-0.2, 0) is 33.6 Å². The molecule has 1 unspecified atom stereocenters. The highest BCUT2D eigenvalue weighted by atomic mass is 16.3. The molecule has 3 aliphatic carbocycles. The number of ketones is 4. The fourth-order valence-corrected chi connectivity index (χ4v) is 8.84. The number of phenolic OH excluding ortho intramolecular Hbond substituents is 1. The SMILES string of the molecule is CC(=O)C1=C(O)C(C(C)C)[C@@]2(C)C[C@@]3(C)Cc4ccc(CC(=O)Cc5cccc6ccccc56)c(O)c4C(=O)C3=C(O)[C@@]2(O)C1=O. The third-order valence-corrected chi connectivity index (χ3v) is 10.6. The standard InChI is InChI=1S/C38H38O8/c1-19(2)29-32(42)27(20(3)39)34(44)38(46)35(45)30-33(43)28-24(17-36(30,4)18-37(29,38)5)14-13-23(31(28)41)16-25(40)15-22-11-8-10-21-9-6-7-12-26(21)22/h6-14,19,29,41-42,45-46H,15-18H2,1-5H3/t29?,36-,37-,38+/m1/s1. The molecule has 8 heteroatoms. The Morgan fingerprint density at radius 2 is 1.57 bits per heavy atom. The number of aromatic hydroxyl groups is 1. The molecule has 0 spiro atoms. The van der Waals surface area contributed by atoms with Crippen LogP contribution in [0.1, 0.15) is 68.1 Å². The van der Waals surface area contributed by atoms with Gasteiger partial charge in [0.25, 0.3) is 0 Å². The largest absolute Gasteiger partial charge is 0.511 e. The van der Waals surface area contributed by atoms with E-state index in [1.54, 1.807) is 39.8 Å². The monoisotopic (exact) mass is 622 g/mol. The third kappa shape index (κ3) is 4.23. The molecule has 0 aliphatic heterocycles. The van der Waals surface area contributed by atoms with E-state index in [1.807, 2.05) is 42.5 Å². The van der Waals surface area contributed by atoms with Crippen LogP contribution in [0.5, 0.6) is 5.75 Å². The fourth-order valence-electron chi connectivity index (χ4n) is 8.84. The highest BCUT2D eigenvalue weighted by molar-refractivity contribution is 6.25. The molecule has 0 fully saturated rings. The maximum Gasteiger partial charge on any atom is 0.209 e. The molecule has 0 saturated heterocycles. The van der Waals surface area contributed by atoms with Crippen LogP contribution < -0.4 is 0 Å². The normalized spacial score (nSPS) is 27.5. The predicted molar refractivity (Wildman–Crippen MR) is 172 cm³/mol. The van der Waals surface area contributed by atoms with E-state index in [4.69, 9.17) is 0 Å². The van der Waals surface area contributed by atoms with Gasteiger partial charge in [0, 0.05) is 40.7 Å². The number of benzene rings is 3. The maximum atomic E-state index is 14.3. The van der Waals surface area contributed by atoms with Gasteiger partial charge in [-0.05, 0) is 47.6 Å². The number of carbonyl (C=O) groups is 4. The molecule has 6 rings (SSSR count). The summed E-state index contributed by atoms with van der Waals surface area (Å²) in [5, 5.41) is 48.7. The van der Waals surface area contributed by atoms with Gasteiger partial charge >= 0.3 is 0 Å². The first kappa shape index (κ1) is 31.4. The molecule has 4 atom stereocenters. The molecule has 0 radical (unpaired) electrons. The molecule has 4 N–H and O–H groups in total. The van der Waals surface area contributed by atoms with Crippen molar-refractivity contribution in [3.8, 4) is 5.75 Å². The summed E-state index contributed by atoms with van der Waals surface area (Å²) in [6.07, 6.45) is 0.191. The molecular formula is C38H38O8. The summed E-state index contributed by atoms with van der Waals surface area (Å²) in [7, 11) is 0. The van der Waals surface area contributed by atoms with Gasteiger partial charge < -0.3 is 20.4 Å². The Labute approximate surface area is 267 Å². The molecule has 3 aromatic rings. The van der Waals surface area contributed by atoms with Crippen molar-refractivity contribution in [3.05, 3.63) is 99.5 Å². The summed E-state index contributed by atoms with van der Waals surface area (Å²) in [4.78, 5) is 53.9. The van der Waals surface area contributed by atoms with E-state index in [1.165, 1.54) is 0 Å². The lowest BCUT2D eigenvalue weighted by Gasteiger charge is -2.59. The van der Waals surface area contributed by atoms with Gasteiger partial charge in [-0.2, -0.15) is 0 Å². The van der Waals surface area contributed by atoms with Crippen molar-refractivity contribution >= 4 is 33.9 Å². The summed E-state index contributed by atoms with van der Waals surface area (Å²) in [5.74, 6) is -5.72. The zero-order valence-electron chi connectivity index (χ0n) is 26.6. The molecule has 3 aliphatic rings. The zero-order valence-corrected chi connectivity index (χ0v) is 26.6. The Morgan fingerprint density at radius 1 is 0.913 bits per heavy atom. The van der Waals surface area contributed by atoms with Gasteiger partial charge in [0.1, 0.15) is 28.6 Å². The van der Waals surface area contributed by atoms with Gasteiger partial charge in [-0.3, -0.25) is 19.2 Å². The minimum Gasteiger partial charge on any atom is -0.511 e. The van der Waals surface area contributed by atoms with E-state index in [-0.39, 0.29) is 59.8 Å². The Bertz CT molecular complexity index is 1940. The summed E-state index contributed by atoms with van der Waals surface area (Å²) in [6.45, 7) is 8.05. The molecule has 0 saturated carbocycles. The minimum absolute atomic E-state index is 0.0247. The molecule has 8 nitrogen and oxygen atoms in total. The van der Waals surface area contributed by atoms with Gasteiger partial charge in [-0.1, -0.05) is 82.3 Å². The van der Waals surface area contributed by atoms with Crippen molar-refractivity contribution in [2.24, 2.45) is 22.7 Å². The average Bonchev–Trinajstić information content (AvgIpc) is 2.96. The third-order valence-electron chi connectivity index (χ3n) is 10.6. The van der Waals surface area contributed by atoms with Crippen molar-refractivity contribution in [1.29, 1.82) is 0 Å². The minimum atomic E-state index is -2.67. The number of aliphatic hydroxyl groups excluding tert-OH is 2. The van der Waals surface area contributed by atoms with Crippen LogP contribution in [-0.4, -0.2) is 49.2 Å². The Hall–Kier alpha value is -4.56. The lowest BCUT2D eigenvalue weighted by Crippen LogP contribution is -2.67. The van der Waals surface area contributed by atoms with Crippen LogP contribution >= 0.6 is 0 Å². The van der Waals surface area contributed by atoms with Gasteiger partial charge in [0.05, 0.1) is 5.56 Å². The van der Waals surface area contributed by atoms with Crippen molar-refractivity contribution in [3.63, 3.8) is 0 Å². The second kappa shape index (κ2) is 10.5. The van der Waals surface area contributed by atoms with E-state index in [0.29, 0.717) is 5.56 Å². The smallest absolute Gasteiger partial charge is 0.209 e. The molecule has 0 aromatic heterocycles. The van der Waals surface area contributed by atoms with E-state index in [0.717, 1.165) is 23.3 Å². The highest BCUT2D eigenvalue weighted by Gasteiger charge is 2.71. The second-order valence-electron chi connectivity index (χ2n) is 14.1. The molecule has 46 heavy (non-hydrogen) atoms. The first-order chi connectivity index (χ1) is 21.6. The van der Waals surface area contributed by atoms with Crippen LogP contribution in [0.25, 0.3) is 10.8 Å². The summed E-state index contributed by atoms with van der Waals surface area (Å²) < 4.78 is 0. The number of rotatable bonds is 6. The van der Waals surface area contributed by atoms with E-state index in [9.17, 15) is 39.6 Å². The van der Waals surface area contributed by atoms with Crippen LogP contribution in [0.3, 0.4) is 0 Å². The topological polar surface area (TPSA) is 149 Å². The van der Waals surface area contributed by atoms with E-state index < -0.39 is 56.8 Å². The van der Waals surface area contributed by atoms with Crippen molar-refractivity contribution in [2.75, 3.05) is 0 Å². The van der Waals surface area contributed by atoms with Gasteiger partial charge in [-0.25, -0.2) is 0 Å². The Morgan fingerprint density at radius 3 is 2.24 bits per heavy atom. The lowest BCUT2D eigenvalue weighted by atomic mass is 9.44. The quantitative estimate of drug-likeness (QED) is 0.250. The number of hydrogen-bond acceptors (Lipinski definition) is 8. The highest BCUT2D eigenvalue weighted by Crippen LogP contribution is 2.65. The molecule has 0 heterocycles. The van der Waals surface area contributed by atoms with Crippen LogP contribution in [0.4, 0.5) is 0 Å². The van der Waals surface area contributed by atoms with E-state index in [2.05, 4.69) is 0 Å². The molecular weight excluding hydrogens is 584 g/mol. The number of carbonyl (C=O) groups excluding carboxylic acids is 4. The van der Waals surface area contributed by atoms with Gasteiger partial charge in [0.15, 0.2) is 17.2 Å². The summed E-state index contributed by atoms with van der Waals surface area (Å²) in [5.41, 5.74) is -4.51. The van der Waals surface area contributed by atoms with Crippen LogP contribution in [0, 0.1) is 22.7 Å². The summed E-state index contributed by atoms with van der Waals surface area (Å²) >= 11 is 0. The number of phenols is 1. The summed E-state index contributed by atoms with van der Waals surface area (Å²) in [6, 6.07) is 16.8. The first-order valence-corrected chi connectivity index (χ1v) is 15.6. The Balaban J connectivity index is 1.42. The van der Waals surface area contributed by atoms with Gasteiger partial charge in [-0.15, -0.1) is 0 Å². The van der Waals surface area contributed by atoms with Crippen molar-refractivity contribution in [2.45, 2.75) is 65.9 Å². The molecule has 238 valence electrons. The second-order valence-corrected chi connectivity index (χ2v) is 14.1. The number of allylic oxidation sites excluding steroid dienone is 2.